The number of ketones is 1. The van der Waals surface area contributed by atoms with Crippen LogP contribution in [0.25, 0.3) is 11.3 Å². The zero-order chi connectivity index (χ0) is 22.6. The Morgan fingerprint density at radius 1 is 1.15 bits per heavy atom. The molecule has 166 valence electrons. The van der Waals surface area contributed by atoms with Gasteiger partial charge in [-0.15, -0.1) is 0 Å². The molecule has 1 aliphatic carbocycles. The summed E-state index contributed by atoms with van der Waals surface area (Å²) in [5, 5.41) is 6.35. The van der Waals surface area contributed by atoms with Crippen molar-refractivity contribution in [2.24, 2.45) is 0 Å². The number of nitrogens with one attached hydrogen (secondary N) is 2. The van der Waals surface area contributed by atoms with E-state index in [1.165, 1.54) is 12.3 Å². The van der Waals surface area contributed by atoms with E-state index in [2.05, 4.69) is 37.1 Å². The molecule has 3 heterocycles. The van der Waals surface area contributed by atoms with Gasteiger partial charge in [0, 0.05) is 41.9 Å². The number of Topliss-reactive ketones (excluding diaryl/α,β-unsaturated/α-hetero) is 1. The molecule has 0 spiro atoms. The molecule has 8 nitrogen and oxygen atoms in total. The maximum atomic E-state index is 12.8. The SMILES string of the molecule is O=C(COc1ccon1)Nc1cc(-c2[nH]c3c(c2Cc2ccccc2)C(=O)CCC3)ccn1. The molecule has 0 unspecified atom stereocenters. The summed E-state index contributed by atoms with van der Waals surface area (Å²) in [6.45, 7) is -0.219. The van der Waals surface area contributed by atoms with Crippen molar-refractivity contribution in [2.75, 3.05) is 11.9 Å². The fourth-order valence-corrected chi connectivity index (χ4v) is 4.14. The van der Waals surface area contributed by atoms with E-state index in [-0.39, 0.29) is 24.2 Å². The first-order valence-corrected chi connectivity index (χ1v) is 10.8. The summed E-state index contributed by atoms with van der Waals surface area (Å²) in [5.41, 5.74) is 5.64. The highest BCUT2D eigenvalue weighted by Crippen LogP contribution is 2.35. The number of fused-ring (bicyclic) bond motifs is 1. The van der Waals surface area contributed by atoms with Gasteiger partial charge in [-0.1, -0.05) is 30.3 Å². The number of aromatic nitrogens is 3. The lowest BCUT2D eigenvalue weighted by Gasteiger charge is -2.12. The van der Waals surface area contributed by atoms with E-state index in [9.17, 15) is 9.59 Å². The third-order valence-corrected chi connectivity index (χ3v) is 5.60. The zero-order valence-electron chi connectivity index (χ0n) is 17.8. The van der Waals surface area contributed by atoms with Gasteiger partial charge in [0.15, 0.2) is 12.4 Å². The molecule has 2 N–H and O–H groups in total. The number of aryl methyl sites for hydroxylation is 1. The largest absolute Gasteiger partial charge is 0.465 e. The number of H-pyrrole nitrogens is 1. The van der Waals surface area contributed by atoms with Gasteiger partial charge in [-0.3, -0.25) is 9.59 Å². The van der Waals surface area contributed by atoms with E-state index in [1.54, 1.807) is 12.3 Å². The Morgan fingerprint density at radius 2 is 2.03 bits per heavy atom. The minimum atomic E-state index is -0.367. The summed E-state index contributed by atoms with van der Waals surface area (Å²) in [7, 11) is 0. The normalized spacial score (nSPS) is 12.9. The van der Waals surface area contributed by atoms with Crippen LogP contribution in [0.15, 0.2) is 65.5 Å². The van der Waals surface area contributed by atoms with Crippen LogP contribution >= 0.6 is 0 Å². The Balaban J connectivity index is 1.43. The molecule has 1 aromatic carbocycles. The van der Waals surface area contributed by atoms with Crippen molar-refractivity contribution in [2.45, 2.75) is 25.7 Å². The lowest BCUT2D eigenvalue weighted by Crippen LogP contribution is -2.20. The van der Waals surface area contributed by atoms with Crippen molar-refractivity contribution >= 4 is 17.5 Å². The number of ether oxygens (including phenoxy) is 1. The van der Waals surface area contributed by atoms with Gasteiger partial charge in [-0.2, -0.15) is 0 Å². The van der Waals surface area contributed by atoms with Gasteiger partial charge in [-0.05, 0) is 41.3 Å². The van der Waals surface area contributed by atoms with Crippen molar-refractivity contribution in [3.63, 3.8) is 0 Å². The van der Waals surface area contributed by atoms with Crippen molar-refractivity contribution in [3.8, 4) is 17.1 Å². The van der Waals surface area contributed by atoms with E-state index in [4.69, 9.17) is 4.74 Å². The predicted molar refractivity (Wildman–Crippen MR) is 121 cm³/mol. The average molecular weight is 442 g/mol. The Labute approximate surface area is 190 Å². The molecule has 1 amide bonds. The second-order valence-electron chi connectivity index (χ2n) is 7.88. The quantitative estimate of drug-likeness (QED) is 0.444. The van der Waals surface area contributed by atoms with E-state index in [0.29, 0.717) is 18.7 Å². The number of amides is 1. The van der Waals surface area contributed by atoms with Crippen LogP contribution in [0.1, 0.15) is 40.0 Å². The summed E-state index contributed by atoms with van der Waals surface area (Å²) in [6, 6.07) is 15.3. The summed E-state index contributed by atoms with van der Waals surface area (Å²) < 4.78 is 9.94. The number of nitrogens with zero attached hydrogens (tertiary/aromatic N) is 2. The highest BCUT2D eigenvalue weighted by atomic mass is 16.5. The molecule has 0 saturated heterocycles. The standard InChI is InChI=1S/C25H22N4O4/c30-20-8-4-7-19-24(20)18(13-16-5-2-1-3-6-16)25(27-19)17-9-11-26-21(14-17)28-22(31)15-32-23-10-12-33-29-23/h1-3,5-6,9-12,14,27H,4,7-8,13,15H2,(H,26,28,31). The first-order chi connectivity index (χ1) is 16.2. The monoisotopic (exact) mass is 442 g/mol. The van der Waals surface area contributed by atoms with Crippen LogP contribution in [0, 0.1) is 0 Å². The lowest BCUT2D eigenvalue weighted by molar-refractivity contribution is -0.118. The number of hydrogen-bond acceptors (Lipinski definition) is 6. The van der Waals surface area contributed by atoms with Crippen molar-refractivity contribution in [1.82, 2.24) is 15.1 Å². The van der Waals surface area contributed by atoms with Crippen LogP contribution < -0.4 is 10.1 Å². The highest BCUT2D eigenvalue weighted by molar-refractivity contribution is 6.01. The van der Waals surface area contributed by atoms with Crippen LogP contribution in [0.2, 0.25) is 0 Å². The molecule has 0 fully saturated rings. The Hall–Kier alpha value is -4.20. The smallest absolute Gasteiger partial charge is 0.263 e. The van der Waals surface area contributed by atoms with Gasteiger partial charge in [0.05, 0.1) is 5.69 Å². The summed E-state index contributed by atoms with van der Waals surface area (Å²) >= 11 is 0. The van der Waals surface area contributed by atoms with E-state index < -0.39 is 0 Å². The molecule has 5 rings (SSSR count). The van der Waals surface area contributed by atoms with Gasteiger partial charge in [0.1, 0.15) is 12.1 Å². The minimum absolute atomic E-state index is 0.178. The van der Waals surface area contributed by atoms with Crippen LogP contribution in [0.3, 0.4) is 0 Å². The molecular weight excluding hydrogens is 420 g/mol. The van der Waals surface area contributed by atoms with Gasteiger partial charge < -0.3 is 19.6 Å². The molecule has 33 heavy (non-hydrogen) atoms. The predicted octanol–water partition coefficient (Wildman–Crippen LogP) is 4.19. The fourth-order valence-electron chi connectivity index (χ4n) is 4.14. The molecule has 4 aromatic rings. The maximum absolute atomic E-state index is 12.8. The molecule has 0 atom stereocenters. The Bertz CT molecular complexity index is 1280. The third kappa shape index (κ3) is 4.55. The summed E-state index contributed by atoms with van der Waals surface area (Å²) in [4.78, 5) is 32.8. The molecule has 0 aliphatic heterocycles. The van der Waals surface area contributed by atoms with Crippen molar-refractivity contribution in [3.05, 3.63) is 83.4 Å². The number of carbonyl (C=O) groups is 2. The summed E-state index contributed by atoms with van der Waals surface area (Å²) in [6.07, 6.45) is 5.90. The molecular formula is C25H22N4O4. The fraction of sp³-hybridized carbons (Fsp3) is 0.200. The third-order valence-electron chi connectivity index (χ3n) is 5.60. The van der Waals surface area contributed by atoms with Gasteiger partial charge in [0.25, 0.3) is 11.8 Å². The first kappa shape index (κ1) is 20.7. The second kappa shape index (κ2) is 9.12. The molecule has 0 saturated carbocycles. The topological polar surface area (TPSA) is 110 Å². The van der Waals surface area contributed by atoms with Crippen molar-refractivity contribution < 1.29 is 18.8 Å². The Kier molecular flexibility index (Phi) is 5.72. The van der Waals surface area contributed by atoms with Gasteiger partial charge in [0.2, 0.25) is 0 Å². The number of carbonyl (C=O) groups excluding carboxylic acids is 2. The van der Waals surface area contributed by atoms with Crippen LogP contribution in [-0.2, 0) is 17.6 Å². The molecule has 3 aromatic heterocycles. The number of anilines is 1. The number of rotatable bonds is 7. The van der Waals surface area contributed by atoms with Crippen LogP contribution in [0.5, 0.6) is 5.88 Å². The van der Waals surface area contributed by atoms with Crippen LogP contribution in [-0.4, -0.2) is 33.4 Å². The first-order valence-electron chi connectivity index (χ1n) is 10.8. The number of hydrogen-bond donors (Lipinski definition) is 2. The average Bonchev–Trinajstić information content (AvgIpc) is 3.48. The minimum Gasteiger partial charge on any atom is -0.465 e. The highest BCUT2D eigenvalue weighted by Gasteiger charge is 2.26. The van der Waals surface area contributed by atoms with E-state index >= 15 is 0 Å². The summed E-state index contributed by atoms with van der Waals surface area (Å²) in [5.74, 6) is 0.440. The number of aromatic amines is 1. The van der Waals surface area contributed by atoms with Gasteiger partial charge in [-0.25, -0.2) is 4.98 Å². The van der Waals surface area contributed by atoms with Crippen LogP contribution in [0.4, 0.5) is 5.82 Å². The number of pyridine rings is 1. The van der Waals surface area contributed by atoms with E-state index in [1.807, 2.05) is 24.3 Å². The molecule has 8 heteroatoms. The number of benzene rings is 1. The van der Waals surface area contributed by atoms with Crippen molar-refractivity contribution in [1.29, 1.82) is 0 Å². The van der Waals surface area contributed by atoms with E-state index in [0.717, 1.165) is 46.5 Å². The second-order valence-corrected chi connectivity index (χ2v) is 7.88. The van der Waals surface area contributed by atoms with Gasteiger partial charge >= 0.3 is 0 Å². The lowest BCUT2D eigenvalue weighted by atomic mass is 9.90. The molecule has 0 radical (unpaired) electrons. The maximum Gasteiger partial charge on any atom is 0.263 e. The molecule has 1 aliphatic rings. The molecule has 0 bridgehead atoms. The Morgan fingerprint density at radius 3 is 2.85 bits per heavy atom. The zero-order valence-corrected chi connectivity index (χ0v) is 17.8.